The van der Waals surface area contributed by atoms with Gasteiger partial charge >= 0.3 is 0 Å². The molecule has 100 valence electrons. The van der Waals surface area contributed by atoms with Crippen molar-refractivity contribution in [2.24, 2.45) is 0 Å². The standard InChI is InChI=1S/C14H14O4S/c1-9-7-11(3-5-13(9)15)18-19(17)12-4-6-14(16)10(2)8-12/h3-8,15-16H,1-2H3. The monoisotopic (exact) mass is 278 g/mol. The zero-order valence-corrected chi connectivity index (χ0v) is 11.4. The molecule has 0 aliphatic heterocycles. The van der Waals surface area contributed by atoms with Crippen LogP contribution in [0, 0.1) is 13.8 Å². The molecule has 5 heteroatoms. The molecule has 0 saturated carbocycles. The van der Waals surface area contributed by atoms with Crippen LogP contribution in [-0.4, -0.2) is 14.4 Å². The predicted octanol–water partition coefficient (Wildman–Crippen LogP) is 2.82. The summed E-state index contributed by atoms with van der Waals surface area (Å²) in [5, 5.41) is 18.8. The van der Waals surface area contributed by atoms with E-state index in [9.17, 15) is 14.4 Å². The molecule has 0 fully saturated rings. The van der Waals surface area contributed by atoms with E-state index in [0.717, 1.165) is 0 Å². The van der Waals surface area contributed by atoms with Gasteiger partial charge < -0.3 is 14.4 Å². The molecular formula is C14H14O4S. The van der Waals surface area contributed by atoms with Crippen molar-refractivity contribution in [3.8, 4) is 17.2 Å². The van der Waals surface area contributed by atoms with Gasteiger partial charge in [0.25, 0.3) is 0 Å². The van der Waals surface area contributed by atoms with Crippen LogP contribution >= 0.6 is 0 Å². The molecule has 0 spiro atoms. The van der Waals surface area contributed by atoms with Gasteiger partial charge in [0.05, 0.1) is 4.90 Å². The summed E-state index contributed by atoms with van der Waals surface area (Å²) in [4.78, 5) is 0.473. The lowest BCUT2D eigenvalue weighted by Crippen LogP contribution is -2.01. The number of hydrogen-bond acceptors (Lipinski definition) is 4. The number of phenolic OH excluding ortho intramolecular Hbond substituents is 2. The Morgan fingerprint density at radius 3 is 2.11 bits per heavy atom. The van der Waals surface area contributed by atoms with Gasteiger partial charge in [0, 0.05) is 0 Å². The zero-order chi connectivity index (χ0) is 14.0. The molecule has 4 nitrogen and oxygen atoms in total. The number of hydrogen-bond donors (Lipinski definition) is 2. The Morgan fingerprint density at radius 1 is 0.947 bits per heavy atom. The van der Waals surface area contributed by atoms with Gasteiger partial charge in [0.15, 0.2) is 0 Å². The molecule has 0 aromatic heterocycles. The molecule has 0 bridgehead atoms. The van der Waals surface area contributed by atoms with Gasteiger partial charge in [-0.25, -0.2) is 4.21 Å². The average Bonchev–Trinajstić information content (AvgIpc) is 2.37. The van der Waals surface area contributed by atoms with Crippen molar-refractivity contribution in [2.45, 2.75) is 18.7 Å². The summed E-state index contributed by atoms with van der Waals surface area (Å²) >= 11 is -1.66. The topological polar surface area (TPSA) is 66.8 Å². The van der Waals surface area contributed by atoms with Crippen molar-refractivity contribution in [1.29, 1.82) is 0 Å². The van der Waals surface area contributed by atoms with Gasteiger partial charge in [-0.05, 0) is 61.4 Å². The molecular weight excluding hydrogens is 264 g/mol. The van der Waals surface area contributed by atoms with E-state index in [1.807, 2.05) is 0 Å². The van der Waals surface area contributed by atoms with Gasteiger partial charge in [-0.15, -0.1) is 0 Å². The van der Waals surface area contributed by atoms with Crippen LogP contribution in [0.25, 0.3) is 0 Å². The van der Waals surface area contributed by atoms with E-state index >= 15 is 0 Å². The van der Waals surface area contributed by atoms with Crippen molar-refractivity contribution in [3.63, 3.8) is 0 Å². The number of rotatable bonds is 3. The Kier molecular flexibility index (Phi) is 3.76. The van der Waals surface area contributed by atoms with Crippen LogP contribution in [0.5, 0.6) is 17.2 Å². The summed E-state index contributed by atoms with van der Waals surface area (Å²) in [6.07, 6.45) is 0. The molecule has 1 unspecified atom stereocenters. The van der Waals surface area contributed by atoms with Crippen LogP contribution in [0.4, 0.5) is 0 Å². The molecule has 0 heterocycles. The van der Waals surface area contributed by atoms with Crippen molar-refractivity contribution < 1.29 is 18.6 Å². The molecule has 2 aromatic rings. The normalized spacial score (nSPS) is 12.1. The molecule has 2 rings (SSSR count). The molecule has 2 N–H and O–H groups in total. The van der Waals surface area contributed by atoms with Gasteiger partial charge in [-0.3, -0.25) is 0 Å². The van der Waals surface area contributed by atoms with Crippen LogP contribution in [0.1, 0.15) is 11.1 Å². The van der Waals surface area contributed by atoms with E-state index in [1.165, 1.54) is 12.1 Å². The maximum absolute atomic E-state index is 12.0. The quantitative estimate of drug-likeness (QED) is 0.906. The van der Waals surface area contributed by atoms with Gasteiger partial charge in [-0.2, -0.15) is 0 Å². The molecule has 0 saturated heterocycles. The highest BCUT2D eigenvalue weighted by Gasteiger charge is 2.09. The lowest BCUT2D eigenvalue weighted by atomic mass is 10.2. The minimum absolute atomic E-state index is 0.154. The minimum atomic E-state index is -1.66. The maximum Gasteiger partial charge on any atom is 0.240 e. The van der Waals surface area contributed by atoms with Crippen LogP contribution in [0.3, 0.4) is 0 Å². The van der Waals surface area contributed by atoms with Gasteiger partial charge in [-0.1, -0.05) is 0 Å². The first-order chi connectivity index (χ1) is 8.97. The lowest BCUT2D eigenvalue weighted by molar-refractivity contribution is 0.468. The van der Waals surface area contributed by atoms with Crippen molar-refractivity contribution in [3.05, 3.63) is 47.5 Å². The summed E-state index contributed by atoms with van der Waals surface area (Å²) in [6.45, 7) is 3.45. The SMILES string of the molecule is Cc1cc(OS(=O)c2ccc(O)c(C)c2)ccc1O. The molecule has 0 aliphatic rings. The summed E-state index contributed by atoms with van der Waals surface area (Å²) < 4.78 is 17.3. The minimum Gasteiger partial charge on any atom is -0.508 e. The molecule has 0 radical (unpaired) electrons. The van der Waals surface area contributed by atoms with E-state index in [-0.39, 0.29) is 11.5 Å². The van der Waals surface area contributed by atoms with E-state index < -0.39 is 11.1 Å². The van der Waals surface area contributed by atoms with Crippen LogP contribution in [0.15, 0.2) is 41.3 Å². The fourth-order valence-corrected chi connectivity index (χ4v) is 2.37. The first-order valence-electron chi connectivity index (χ1n) is 5.66. The second-order valence-electron chi connectivity index (χ2n) is 4.21. The first kappa shape index (κ1) is 13.4. The second kappa shape index (κ2) is 5.32. The smallest absolute Gasteiger partial charge is 0.240 e. The molecule has 19 heavy (non-hydrogen) atoms. The fourth-order valence-electron chi connectivity index (χ4n) is 1.55. The Labute approximate surface area is 114 Å². The molecule has 2 aromatic carbocycles. The number of aromatic hydroxyl groups is 2. The number of phenols is 2. The van der Waals surface area contributed by atoms with Crippen molar-refractivity contribution >= 4 is 11.1 Å². The Bertz CT molecular complexity index is 637. The number of aryl methyl sites for hydroxylation is 2. The van der Waals surface area contributed by atoms with Crippen LogP contribution in [0.2, 0.25) is 0 Å². The third kappa shape index (κ3) is 3.06. The first-order valence-corrected chi connectivity index (χ1v) is 6.74. The van der Waals surface area contributed by atoms with Gasteiger partial charge in [0.1, 0.15) is 17.2 Å². The highest BCUT2D eigenvalue weighted by atomic mass is 32.2. The molecule has 1 atom stereocenters. The summed E-state index contributed by atoms with van der Waals surface area (Å²) in [6, 6.07) is 9.29. The highest BCUT2D eigenvalue weighted by molar-refractivity contribution is 7.80. The highest BCUT2D eigenvalue weighted by Crippen LogP contribution is 2.25. The predicted molar refractivity (Wildman–Crippen MR) is 72.7 cm³/mol. The fraction of sp³-hybridized carbons (Fsp3) is 0.143. The third-order valence-corrected chi connectivity index (χ3v) is 3.68. The van der Waals surface area contributed by atoms with Crippen molar-refractivity contribution in [2.75, 3.05) is 0 Å². The van der Waals surface area contributed by atoms with Gasteiger partial charge in [0.2, 0.25) is 11.1 Å². The van der Waals surface area contributed by atoms with E-state index in [1.54, 1.807) is 38.1 Å². The van der Waals surface area contributed by atoms with E-state index in [0.29, 0.717) is 21.8 Å². The Morgan fingerprint density at radius 2 is 1.53 bits per heavy atom. The largest absolute Gasteiger partial charge is 0.508 e. The maximum atomic E-state index is 12.0. The third-order valence-electron chi connectivity index (χ3n) is 2.70. The van der Waals surface area contributed by atoms with Crippen molar-refractivity contribution in [1.82, 2.24) is 0 Å². The van der Waals surface area contributed by atoms with E-state index in [4.69, 9.17) is 4.18 Å². The Hall–Kier alpha value is -2.01. The average molecular weight is 278 g/mol. The lowest BCUT2D eigenvalue weighted by Gasteiger charge is -2.07. The summed E-state index contributed by atoms with van der Waals surface area (Å²) in [7, 11) is 0. The zero-order valence-electron chi connectivity index (χ0n) is 10.6. The summed E-state index contributed by atoms with van der Waals surface area (Å²) in [5.41, 5.74) is 1.28. The number of benzene rings is 2. The second-order valence-corrected chi connectivity index (χ2v) is 5.32. The Balaban J connectivity index is 2.20. The van der Waals surface area contributed by atoms with E-state index in [2.05, 4.69) is 0 Å². The van der Waals surface area contributed by atoms with Crippen LogP contribution in [-0.2, 0) is 11.1 Å². The summed E-state index contributed by atoms with van der Waals surface area (Å²) in [5.74, 6) is 0.735. The molecule has 0 amide bonds. The molecule has 0 aliphatic carbocycles. The van der Waals surface area contributed by atoms with Crippen LogP contribution < -0.4 is 4.18 Å².